The summed E-state index contributed by atoms with van der Waals surface area (Å²) in [5, 5.41) is 9.09. The van der Waals surface area contributed by atoms with E-state index >= 15 is 0 Å². The van der Waals surface area contributed by atoms with Crippen molar-refractivity contribution < 1.29 is 18.7 Å². The molecule has 1 heterocycles. The summed E-state index contributed by atoms with van der Waals surface area (Å²) in [6.45, 7) is -0.290. The lowest BCUT2D eigenvalue weighted by Gasteiger charge is -2.21. The number of carbonyl (C=O) groups is 1. The van der Waals surface area contributed by atoms with Crippen LogP contribution in [0.5, 0.6) is 0 Å². The van der Waals surface area contributed by atoms with Crippen molar-refractivity contribution >= 4 is 17.0 Å². The van der Waals surface area contributed by atoms with Gasteiger partial charge in [0.05, 0.1) is 11.0 Å². The van der Waals surface area contributed by atoms with Crippen LogP contribution in [0.3, 0.4) is 0 Å². The minimum atomic E-state index is -1.02. The van der Waals surface area contributed by atoms with E-state index in [9.17, 15) is 13.6 Å². The highest BCUT2D eigenvalue weighted by molar-refractivity contribution is 5.78. The van der Waals surface area contributed by atoms with Gasteiger partial charge in [-0.2, -0.15) is 0 Å². The minimum Gasteiger partial charge on any atom is -0.480 e. The van der Waals surface area contributed by atoms with Crippen LogP contribution in [0.4, 0.5) is 8.78 Å². The number of imidazole rings is 1. The summed E-state index contributed by atoms with van der Waals surface area (Å²) < 4.78 is 28.4. The lowest BCUT2D eigenvalue weighted by atomic mass is 9.86. The van der Waals surface area contributed by atoms with Gasteiger partial charge in [-0.25, -0.2) is 13.8 Å². The molecule has 0 radical (unpaired) electrons. The average Bonchev–Trinajstić information content (AvgIpc) is 2.83. The van der Waals surface area contributed by atoms with Crippen LogP contribution < -0.4 is 0 Å². The lowest BCUT2D eigenvalue weighted by Crippen LogP contribution is -2.14. The van der Waals surface area contributed by atoms with Crippen LogP contribution in [0.2, 0.25) is 0 Å². The number of nitrogens with zero attached hydrogens (tertiary/aromatic N) is 2. The number of fused-ring (bicyclic) bond motifs is 1. The summed E-state index contributed by atoms with van der Waals surface area (Å²) in [4.78, 5) is 15.4. The molecule has 1 aromatic carbocycles. The number of hydrogen-bond acceptors (Lipinski definition) is 2. The highest BCUT2D eigenvalue weighted by atomic mass is 19.2. The molecule has 0 aliphatic heterocycles. The zero-order valence-corrected chi connectivity index (χ0v) is 12.9. The Morgan fingerprint density at radius 3 is 2.61 bits per heavy atom. The quantitative estimate of drug-likeness (QED) is 0.908. The van der Waals surface area contributed by atoms with Crippen molar-refractivity contribution in [3.05, 3.63) is 29.6 Å². The van der Waals surface area contributed by atoms with Gasteiger partial charge in [0.15, 0.2) is 11.6 Å². The van der Waals surface area contributed by atoms with E-state index in [1.54, 1.807) is 0 Å². The van der Waals surface area contributed by atoms with Crippen molar-refractivity contribution in [2.75, 3.05) is 0 Å². The first kappa shape index (κ1) is 15.9. The Labute approximate surface area is 133 Å². The summed E-state index contributed by atoms with van der Waals surface area (Å²) in [6, 6.07) is 2.07. The van der Waals surface area contributed by atoms with Crippen LogP contribution in [0.1, 0.15) is 44.3 Å². The Balaban J connectivity index is 1.89. The van der Waals surface area contributed by atoms with Gasteiger partial charge in [0.25, 0.3) is 0 Å². The van der Waals surface area contributed by atoms with Gasteiger partial charge >= 0.3 is 5.97 Å². The van der Waals surface area contributed by atoms with Crippen molar-refractivity contribution in [1.29, 1.82) is 0 Å². The van der Waals surface area contributed by atoms with Gasteiger partial charge in [0.2, 0.25) is 0 Å². The van der Waals surface area contributed by atoms with Crippen LogP contribution in [0.25, 0.3) is 11.0 Å². The predicted molar refractivity (Wildman–Crippen MR) is 82.2 cm³/mol. The maximum Gasteiger partial charge on any atom is 0.323 e. The van der Waals surface area contributed by atoms with Crippen molar-refractivity contribution in [2.45, 2.75) is 51.5 Å². The number of hydrogen-bond donors (Lipinski definition) is 1. The monoisotopic (exact) mass is 322 g/mol. The summed E-state index contributed by atoms with van der Waals surface area (Å²) in [5.41, 5.74) is 0.647. The van der Waals surface area contributed by atoms with E-state index in [4.69, 9.17) is 5.11 Å². The standard InChI is InChI=1S/C17H20F2N2O2/c18-12-8-14-15(9-13(12)19)21(10-17(22)23)16(20-14)7-6-11-4-2-1-3-5-11/h8-9,11H,1-7,10H2,(H,22,23). The third-order valence-electron chi connectivity index (χ3n) is 4.66. The molecule has 3 rings (SSSR count). The van der Waals surface area contributed by atoms with Gasteiger partial charge in [0.1, 0.15) is 12.4 Å². The Kier molecular flexibility index (Phi) is 4.59. The maximum absolute atomic E-state index is 13.5. The molecule has 0 atom stereocenters. The number of carboxylic acid groups (broad SMARTS) is 1. The number of benzene rings is 1. The Hall–Kier alpha value is -1.98. The first-order valence-electron chi connectivity index (χ1n) is 8.10. The summed E-state index contributed by atoms with van der Waals surface area (Å²) in [7, 11) is 0. The number of aliphatic carboxylic acids is 1. The van der Waals surface area contributed by atoms with Gasteiger partial charge in [-0.3, -0.25) is 4.79 Å². The third-order valence-corrected chi connectivity index (χ3v) is 4.66. The molecule has 2 aromatic rings. The van der Waals surface area contributed by atoms with Crippen LogP contribution in [0.15, 0.2) is 12.1 Å². The van der Waals surface area contributed by atoms with Gasteiger partial charge in [0, 0.05) is 18.6 Å². The molecule has 1 aromatic heterocycles. The molecule has 0 bridgehead atoms. The molecule has 1 aliphatic rings. The fourth-order valence-corrected chi connectivity index (χ4v) is 3.48. The van der Waals surface area contributed by atoms with E-state index in [0.29, 0.717) is 29.2 Å². The zero-order chi connectivity index (χ0) is 16.4. The molecule has 1 fully saturated rings. The molecule has 0 amide bonds. The number of aromatic nitrogens is 2. The van der Waals surface area contributed by atoms with Crippen LogP contribution in [-0.4, -0.2) is 20.6 Å². The highest BCUT2D eigenvalue weighted by Gasteiger charge is 2.19. The topological polar surface area (TPSA) is 55.1 Å². The molecule has 0 saturated heterocycles. The third kappa shape index (κ3) is 3.51. The van der Waals surface area contributed by atoms with Gasteiger partial charge in [-0.15, -0.1) is 0 Å². The predicted octanol–water partition coefficient (Wildman–Crippen LogP) is 3.91. The molecule has 0 spiro atoms. The fraction of sp³-hybridized carbons (Fsp3) is 0.529. The fourth-order valence-electron chi connectivity index (χ4n) is 3.48. The first-order chi connectivity index (χ1) is 11.0. The number of carboxylic acids is 1. The van der Waals surface area contributed by atoms with Crippen molar-refractivity contribution in [3.8, 4) is 0 Å². The molecular formula is C17H20F2N2O2. The van der Waals surface area contributed by atoms with Gasteiger partial charge in [-0.05, 0) is 12.3 Å². The first-order valence-corrected chi connectivity index (χ1v) is 8.10. The number of aryl methyl sites for hydroxylation is 1. The van der Waals surface area contributed by atoms with Crippen molar-refractivity contribution in [1.82, 2.24) is 9.55 Å². The van der Waals surface area contributed by atoms with Gasteiger partial charge < -0.3 is 9.67 Å². The Morgan fingerprint density at radius 2 is 1.91 bits per heavy atom. The van der Waals surface area contributed by atoms with Crippen LogP contribution in [0, 0.1) is 17.6 Å². The molecule has 1 N–H and O–H groups in total. The lowest BCUT2D eigenvalue weighted by molar-refractivity contribution is -0.137. The van der Waals surface area contributed by atoms with Crippen LogP contribution >= 0.6 is 0 Å². The molecule has 1 saturated carbocycles. The second-order valence-corrected chi connectivity index (χ2v) is 6.31. The highest BCUT2D eigenvalue weighted by Crippen LogP contribution is 2.28. The SMILES string of the molecule is O=C(O)Cn1c(CCC2CCCCC2)nc2cc(F)c(F)cc21. The van der Waals surface area contributed by atoms with Crippen molar-refractivity contribution in [2.24, 2.45) is 5.92 Å². The number of halogens is 2. The molecule has 6 heteroatoms. The second-order valence-electron chi connectivity index (χ2n) is 6.31. The number of rotatable bonds is 5. The van der Waals surface area contributed by atoms with E-state index in [2.05, 4.69) is 4.98 Å². The summed E-state index contributed by atoms with van der Waals surface area (Å²) in [5.74, 6) is -1.74. The zero-order valence-electron chi connectivity index (χ0n) is 12.9. The molecule has 124 valence electrons. The van der Waals surface area contributed by atoms with Crippen molar-refractivity contribution in [3.63, 3.8) is 0 Å². The molecule has 23 heavy (non-hydrogen) atoms. The second kappa shape index (κ2) is 6.64. The largest absolute Gasteiger partial charge is 0.480 e. The Morgan fingerprint density at radius 1 is 1.22 bits per heavy atom. The smallest absolute Gasteiger partial charge is 0.323 e. The molecule has 1 aliphatic carbocycles. The van der Waals surface area contributed by atoms with Crippen LogP contribution in [-0.2, 0) is 17.8 Å². The summed E-state index contributed by atoms with van der Waals surface area (Å²) in [6.07, 6.45) is 7.74. The van der Waals surface area contributed by atoms with Gasteiger partial charge in [-0.1, -0.05) is 32.1 Å². The van der Waals surface area contributed by atoms with E-state index in [1.165, 1.54) is 36.7 Å². The molecule has 0 unspecified atom stereocenters. The van der Waals surface area contributed by atoms with E-state index in [0.717, 1.165) is 18.6 Å². The van der Waals surface area contributed by atoms with E-state index in [-0.39, 0.29) is 6.54 Å². The normalized spacial score (nSPS) is 16.1. The minimum absolute atomic E-state index is 0.290. The Bertz CT molecular complexity index is 721. The maximum atomic E-state index is 13.5. The van der Waals surface area contributed by atoms with E-state index in [1.807, 2.05) is 0 Å². The molecular weight excluding hydrogens is 302 g/mol. The van der Waals surface area contributed by atoms with E-state index < -0.39 is 17.6 Å². The molecule has 4 nitrogen and oxygen atoms in total. The summed E-state index contributed by atoms with van der Waals surface area (Å²) >= 11 is 0. The average molecular weight is 322 g/mol.